The molecule has 1 heterocycles. The Kier molecular flexibility index (Phi) is 5.22. The molecule has 112 valence electrons. The molecule has 0 saturated heterocycles. The summed E-state index contributed by atoms with van der Waals surface area (Å²) in [7, 11) is 1.95. The van der Waals surface area contributed by atoms with Gasteiger partial charge in [-0.2, -0.15) is 0 Å². The van der Waals surface area contributed by atoms with Gasteiger partial charge in [0.2, 0.25) is 0 Å². The van der Waals surface area contributed by atoms with Crippen molar-refractivity contribution >= 4 is 5.82 Å². The number of halogens is 1. The van der Waals surface area contributed by atoms with Crippen molar-refractivity contribution in [2.45, 2.75) is 33.0 Å². The Morgan fingerprint density at radius 1 is 1.19 bits per heavy atom. The molecular weight excluding hydrogens is 267 g/mol. The van der Waals surface area contributed by atoms with E-state index >= 15 is 0 Å². The Morgan fingerprint density at radius 2 is 1.90 bits per heavy atom. The second kappa shape index (κ2) is 7.13. The van der Waals surface area contributed by atoms with Gasteiger partial charge >= 0.3 is 0 Å². The zero-order valence-corrected chi connectivity index (χ0v) is 12.7. The van der Waals surface area contributed by atoms with Gasteiger partial charge in [-0.3, -0.25) is 4.98 Å². The Morgan fingerprint density at radius 3 is 2.57 bits per heavy atom. The number of nitrogens with one attached hydrogen (secondary N) is 1. The van der Waals surface area contributed by atoms with Gasteiger partial charge < -0.3 is 10.2 Å². The van der Waals surface area contributed by atoms with E-state index in [0.717, 1.165) is 17.1 Å². The van der Waals surface area contributed by atoms with Crippen molar-refractivity contribution in [2.75, 3.05) is 11.9 Å². The lowest BCUT2D eigenvalue weighted by Crippen LogP contribution is -2.23. The molecule has 0 amide bonds. The van der Waals surface area contributed by atoms with Gasteiger partial charge in [0.05, 0.1) is 11.9 Å². The number of hydrogen-bond acceptors (Lipinski definition) is 4. The van der Waals surface area contributed by atoms with Gasteiger partial charge in [-0.05, 0) is 17.7 Å². The molecule has 1 aromatic heterocycles. The van der Waals surface area contributed by atoms with Gasteiger partial charge in [-0.1, -0.05) is 26.0 Å². The third kappa shape index (κ3) is 4.79. The quantitative estimate of drug-likeness (QED) is 0.887. The van der Waals surface area contributed by atoms with Crippen LogP contribution < -0.4 is 10.2 Å². The highest BCUT2D eigenvalue weighted by Gasteiger charge is 2.06. The first-order valence-corrected chi connectivity index (χ1v) is 7.04. The van der Waals surface area contributed by atoms with E-state index in [9.17, 15) is 4.39 Å². The molecule has 2 aromatic rings. The van der Waals surface area contributed by atoms with Crippen molar-refractivity contribution in [3.63, 3.8) is 0 Å². The summed E-state index contributed by atoms with van der Waals surface area (Å²) >= 11 is 0. The van der Waals surface area contributed by atoms with Crippen molar-refractivity contribution in [3.8, 4) is 0 Å². The van der Waals surface area contributed by atoms with Crippen molar-refractivity contribution < 1.29 is 4.39 Å². The van der Waals surface area contributed by atoms with Crippen LogP contribution in [0.2, 0.25) is 0 Å². The molecule has 0 spiro atoms. The van der Waals surface area contributed by atoms with Gasteiger partial charge in [0.15, 0.2) is 0 Å². The molecule has 2 rings (SSSR count). The molecule has 0 aliphatic heterocycles. The molecule has 0 aliphatic carbocycles. The standard InChI is InChI=1S/C16H21FN4/c1-12(2)19-9-15-8-18-10-16(20-15)21(3)11-13-4-6-14(17)7-5-13/h4-8,10,12,19H,9,11H2,1-3H3. The van der Waals surface area contributed by atoms with Crippen LogP contribution in [0, 0.1) is 5.82 Å². The monoisotopic (exact) mass is 288 g/mol. The number of hydrogen-bond donors (Lipinski definition) is 1. The second-order valence-electron chi connectivity index (χ2n) is 5.39. The maximum Gasteiger partial charge on any atom is 0.147 e. The van der Waals surface area contributed by atoms with E-state index in [1.54, 1.807) is 24.5 Å². The third-order valence-corrected chi connectivity index (χ3v) is 3.09. The van der Waals surface area contributed by atoms with Crippen LogP contribution in [0.15, 0.2) is 36.7 Å². The molecule has 0 radical (unpaired) electrons. The maximum atomic E-state index is 12.9. The summed E-state index contributed by atoms with van der Waals surface area (Å²) < 4.78 is 12.9. The lowest BCUT2D eigenvalue weighted by molar-refractivity contribution is 0.580. The lowest BCUT2D eigenvalue weighted by Gasteiger charge is -2.18. The highest BCUT2D eigenvalue weighted by molar-refractivity contribution is 5.36. The lowest BCUT2D eigenvalue weighted by atomic mass is 10.2. The number of anilines is 1. The molecule has 0 atom stereocenters. The molecule has 21 heavy (non-hydrogen) atoms. The minimum Gasteiger partial charge on any atom is -0.354 e. The van der Waals surface area contributed by atoms with E-state index in [4.69, 9.17) is 0 Å². The second-order valence-corrected chi connectivity index (χ2v) is 5.39. The number of nitrogens with zero attached hydrogens (tertiary/aromatic N) is 3. The summed E-state index contributed by atoms with van der Waals surface area (Å²) in [5.74, 6) is 0.588. The molecular formula is C16H21FN4. The van der Waals surface area contributed by atoms with E-state index < -0.39 is 0 Å². The first kappa shape index (κ1) is 15.4. The van der Waals surface area contributed by atoms with Gasteiger partial charge in [-0.25, -0.2) is 9.37 Å². The number of rotatable bonds is 6. The fourth-order valence-electron chi connectivity index (χ4n) is 1.92. The van der Waals surface area contributed by atoms with E-state index in [-0.39, 0.29) is 5.82 Å². The summed E-state index contributed by atoms with van der Waals surface area (Å²) in [6.45, 7) is 5.55. The topological polar surface area (TPSA) is 41.1 Å². The van der Waals surface area contributed by atoms with Crippen LogP contribution in [-0.4, -0.2) is 23.1 Å². The van der Waals surface area contributed by atoms with E-state index in [1.807, 2.05) is 11.9 Å². The summed E-state index contributed by atoms with van der Waals surface area (Å²) in [5.41, 5.74) is 1.94. The molecule has 0 bridgehead atoms. The van der Waals surface area contributed by atoms with Crippen LogP contribution in [0.25, 0.3) is 0 Å². The summed E-state index contributed by atoms with van der Waals surface area (Å²) in [5, 5.41) is 3.32. The minimum atomic E-state index is -0.219. The minimum absolute atomic E-state index is 0.219. The van der Waals surface area contributed by atoms with Gasteiger partial charge in [0, 0.05) is 32.4 Å². The fraction of sp³-hybridized carbons (Fsp3) is 0.375. The Balaban J connectivity index is 2.03. The van der Waals surface area contributed by atoms with Gasteiger partial charge in [-0.15, -0.1) is 0 Å². The predicted octanol–water partition coefficient (Wildman–Crippen LogP) is 2.75. The van der Waals surface area contributed by atoms with Crippen LogP contribution in [0.5, 0.6) is 0 Å². The Hall–Kier alpha value is -2.01. The maximum absolute atomic E-state index is 12.9. The normalized spacial score (nSPS) is 10.9. The van der Waals surface area contributed by atoms with E-state index in [0.29, 0.717) is 19.1 Å². The third-order valence-electron chi connectivity index (χ3n) is 3.09. The number of benzene rings is 1. The van der Waals surface area contributed by atoms with Gasteiger partial charge in [0.25, 0.3) is 0 Å². The van der Waals surface area contributed by atoms with E-state index in [2.05, 4.69) is 29.1 Å². The smallest absolute Gasteiger partial charge is 0.147 e. The summed E-state index contributed by atoms with van der Waals surface area (Å²) in [6, 6.07) is 6.91. The average molecular weight is 288 g/mol. The molecule has 5 heteroatoms. The van der Waals surface area contributed by atoms with Crippen molar-refractivity contribution in [2.24, 2.45) is 0 Å². The molecule has 0 fully saturated rings. The molecule has 0 aliphatic rings. The Bertz CT molecular complexity index is 569. The molecule has 4 nitrogen and oxygen atoms in total. The van der Waals surface area contributed by atoms with Crippen LogP contribution in [0.1, 0.15) is 25.1 Å². The Labute approximate surface area is 125 Å². The predicted molar refractivity (Wildman–Crippen MR) is 82.5 cm³/mol. The first-order valence-electron chi connectivity index (χ1n) is 7.04. The van der Waals surface area contributed by atoms with Crippen LogP contribution in [0.3, 0.4) is 0 Å². The van der Waals surface area contributed by atoms with Crippen molar-refractivity contribution in [3.05, 3.63) is 53.7 Å². The summed E-state index contributed by atoms with van der Waals surface area (Å²) in [6.07, 6.45) is 3.51. The molecule has 0 saturated carbocycles. The molecule has 1 aromatic carbocycles. The zero-order valence-electron chi connectivity index (χ0n) is 12.7. The molecule has 0 unspecified atom stereocenters. The highest BCUT2D eigenvalue weighted by Crippen LogP contribution is 2.12. The number of aromatic nitrogens is 2. The van der Waals surface area contributed by atoms with Crippen LogP contribution in [0.4, 0.5) is 10.2 Å². The molecule has 1 N–H and O–H groups in total. The highest BCUT2D eigenvalue weighted by atomic mass is 19.1. The van der Waals surface area contributed by atoms with Crippen LogP contribution >= 0.6 is 0 Å². The largest absolute Gasteiger partial charge is 0.354 e. The van der Waals surface area contributed by atoms with Gasteiger partial charge in [0.1, 0.15) is 11.6 Å². The van der Waals surface area contributed by atoms with E-state index in [1.165, 1.54) is 12.1 Å². The zero-order chi connectivity index (χ0) is 15.2. The first-order chi connectivity index (χ1) is 10.0. The van der Waals surface area contributed by atoms with Crippen LogP contribution in [-0.2, 0) is 13.1 Å². The summed E-state index contributed by atoms with van der Waals surface area (Å²) in [4.78, 5) is 10.8. The van der Waals surface area contributed by atoms with Crippen molar-refractivity contribution in [1.29, 1.82) is 0 Å². The SMILES string of the molecule is CC(C)NCc1cncc(N(C)Cc2ccc(F)cc2)n1. The fourth-order valence-corrected chi connectivity index (χ4v) is 1.92. The average Bonchev–Trinajstić information content (AvgIpc) is 2.48. The van der Waals surface area contributed by atoms with Crippen molar-refractivity contribution in [1.82, 2.24) is 15.3 Å².